The van der Waals surface area contributed by atoms with Crippen LogP contribution in [-0.4, -0.2) is 109 Å². The maximum Gasteiger partial charge on any atom is 0.187 e. The molecule has 1 aliphatic rings. The van der Waals surface area contributed by atoms with E-state index in [1.54, 1.807) is 0 Å². The first-order chi connectivity index (χ1) is 11.9. The molecule has 1 fully saturated rings. The van der Waals surface area contributed by atoms with Crippen molar-refractivity contribution in [3.05, 3.63) is 0 Å². The van der Waals surface area contributed by atoms with Crippen LogP contribution in [0.15, 0.2) is 0 Å². The lowest BCUT2D eigenvalue weighted by Crippen LogP contribution is -2.61. The third-order valence-corrected chi connectivity index (χ3v) is 4.26. The minimum absolute atomic E-state index is 0.154. The molecule has 0 aromatic carbocycles. The molecular formula is C16H32O10. The maximum atomic E-state index is 10.4. The quantitative estimate of drug-likeness (QED) is 0.211. The Kier molecular flexibility index (Phi) is 8.81. The largest absolute Gasteiger partial charge is 0.394 e. The molecule has 1 saturated heterocycles. The van der Waals surface area contributed by atoms with Gasteiger partial charge in [-0.05, 0) is 11.8 Å². The van der Waals surface area contributed by atoms with Crippen LogP contribution in [0.4, 0.5) is 0 Å². The molecule has 9 atom stereocenters. The van der Waals surface area contributed by atoms with Crippen LogP contribution in [0.3, 0.4) is 0 Å². The van der Waals surface area contributed by atoms with Gasteiger partial charge in [-0.25, -0.2) is 0 Å². The zero-order valence-corrected chi connectivity index (χ0v) is 15.2. The third-order valence-electron chi connectivity index (χ3n) is 4.26. The lowest BCUT2D eigenvalue weighted by molar-refractivity contribution is -0.327. The minimum Gasteiger partial charge on any atom is -0.394 e. The van der Waals surface area contributed by atoms with E-state index in [9.17, 15) is 40.9 Å². The van der Waals surface area contributed by atoms with E-state index in [1.807, 2.05) is 20.8 Å². The highest BCUT2D eigenvalue weighted by molar-refractivity contribution is 4.91. The van der Waals surface area contributed by atoms with Crippen LogP contribution in [0.25, 0.3) is 0 Å². The molecule has 8 N–H and O–H groups in total. The van der Waals surface area contributed by atoms with Crippen LogP contribution < -0.4 is 0 Å². The van der Waals surface area contributed by atoms with E-state index in [2.05, 4.69) is 0 Å². The Labute approximate surface area is 152 Å². The smallest absolute Gasteiger partial charge is 0.187 e. The van der Waals surface area contributed by atoms with Gasteiger partial charge in [0.2, 0.25) is 0 Å². The van der Waals surface area contributed by atoms with Gasteiger partial charge in [-0.3, -0.25) is 0 Å². The van der Waals surface area contributed by atoms with Gasteiger partial charge in [0.25, 0.3) is 0 Å². The Morgan fingerprint density at radius 2 is 1.50 bits per heavy atom. The summed E-state index contributed by atoms with van der Waals surface area (Å²) in [6.45, 7) is 4.02. The molecular weight excluding hydrogens is 352 g/mol. The fraction of sp³-hybridized carbons (Fsp3) is 1.00. The summed E-state index contributed by atoms with van der Waals surface area (Å²) in [5.74, 6) is 0. The van der Waals surface area contributed by atoms with Crippen molar-refractivity contribution in [2.75, 3.05) is 13.2 Å². The van der Waals surface area contributed by atoms with Gasteiger partial charge in [-0.1, -0.05) is 20.8 Å². The fourth-order valence-corrected chi connectivity index (χ4v) is 2.80. The fourth-order valence-electron chi connectivity index (χ4n) is 2.80. The van der Waals surface area contributed by atoms with E-state index < -0.39 is 68.3 Å². The average molecular weight is 384 g/mol. The van der Waals surface area contributed by atoms with Crippen molar-refractivity contribution in [3.63, 3.8) is 0 Å². The van der Waals surface area contributed by atoms with Crippen molar-refractivity contribution in [2.45, 2.75) is 82.3 Å². The number of hydrogen-bond donors (Lipinski definition) is 8. The molecule has 10 nitrogen and oxygen atoms in total. The van der Waals surface area contributed by atoms with Gasteiger partial charge in [-0.15, -0.1) is 0 Å². The zero-order valence-electron chi connectivity index (χ0n) is 15.2. The number of aliphatic hydroxyl groups is 8. The van der Waals surface area contributed by atoms with E-state index in [4.69, 9.17) is 9.47 Å². The maximum absolute atomic E-state index is 10.4. The molecule has 156 valence electrons. The number of hydrogen-bond acceptors (Lipinski definition) is 10. The first-order valence-corrected chi connectivity index (χ1v) is 8.54. The Morgan fingerprint density at radius 3 is 1.96 bits per heavy atom. The van der Waals surface area contributed by atoms with Gasteiger partial charge in [0.15, 0.2) is 6.29 Å². The molecule has 9 unspecified atom stereocenters. The molecule has 0 amide bonds. The molecule has 0 aliphatic carbocycles. The normalized spacial score (nSPS) is 35.0. The van der Waals surface area contributed by atoms with E-state index in [-0.39, 0.29) is 11.8 Å². The summed E-state index contributed by atoms with van der Waals surface area (Å²) < 4.78 is 10.5. The minimum atomic E-state index is -1.74. The van der Waals surface area contributed by atoms with E-state index >= 15 is 0 Å². The van der Waals surface area contributed by atoms with Crippen molar-refractivity contribution < 1.29 is 50.3 Å². The molecule has 1 heterocycles. The van der Waals surface area contributed by atoms with Crippen LogP contribution in [-0.2, 0) is 9.47 Å². The van der Waals surface area contributed by atoms with Crippen LogP contribution in [0.2, 0.25) is 0 Å². The van der Waals surface area contributed by atoms with Gasteiger partial charge in [0.1, 0.15) is 42.7 Å². The molecule has 26 heavy (non-hydrogen) atoms. The second-order valence-electron chi connectivity index (χ2n) is 7.87. The first-order valence-electron chi connectivity index (χ1n) is 8.54. The summed E-state index contributed by atoms with van der Waals surface area (Å²) >= 11 is 0. The van der Waals surface area contributed by atoms with Gasteiger partial charge in [-0.2, -0.15) is 0 Å². The van der Waals surface area contributed by atoms with Crippen molar-refractivity contribution in [2.24, 2.45) is 5.41 Å². The molecule has 0 aromatic heterocycles. The highest BCUT2D eigenvalue weighted by atomic mass is 16.7. The van der Waals surface area contributed by atoms with Crippen LogP contribution in [0.5, 0.6) is 0 Å². The van der Waals surface area contributed by atoms with Gasteiger partial charge in [0, 0.05) is 0 Å². The second kappa shape index (κ2) is 9.69. The molecule has 1 rings (SSSR count). The molecule has 1 aliphatic heterocycles. The number of ether oxygens (including phenoxy) is 2. The van der Waals surface area contributed by atoms with Gasteiger partial charge in [0.05, 0.1) is 19.3 Å². The van der Waals surface area contributed by atoms with Crippen molar-refractivity contribution in [3.8, 4) is 0 Å². The Hall–Kier alpha value is -0.400. The summed E-state index contributed by atoms with van der Waals surface area (Å²) in [6.07, 6.45) is -13.9. The van der Waals surface area contributed by atoms with Gasteiger partial charge < -0.3 is 50.3 Å². The van der Waals surface area contributed by atoms with Crippen LogP contribution in [0.1, 0.15) is 27.2 Å². The first kappa shape index (κ1) is 23.6. The summed E-state index contributed by atoms with van der Waals surface area (Å²) in [7, 11) is 0. The second-order valence-corrected chi connectivity index (χ2v) is 7.87. The van der Waals surface area contributed by atoms with E-state index in [0.717, 1.165) is 0 Å². The topological polar surface area (TPSA) is 180 Å². The molecule has 0 saturated carbocycles. The monoisotopic (exact) mass is 384 g/mol. The Balaban J connectivity index is 2.93. The van der Waals surface area contributed by atoms with Crippen molar-refractivity contribution in [1.29, 1.82) is 0 Å². The lowest BCUT2D eigenvalue weighted by Gasteiger charge is -2.42. The molecule has 10 heteroatoms. The molecule has 0 bridgehead atoms. The highest BCUT2D eigenvalue weighted by Gasteiger charge is 2.46. The number of aliphatic hydroxyl groups excluding tert-OH is 8. The van der Waals surface area contributed by atoms with Crippen molar-refractivity contribution >= 4 is 0 Å². The Morgan fingerprint density at radius 1 is 0.923 bits per heavy atom. The summed E-state index contributed by atoms with van der Waals surface area (Å²) in [5, 5.41) is 78.4. The van der Waals surface area contributed by atoms with E-state index in [0.29, 0.717) is 0 Å². The van der Waals surface area contributed by atoms with Crippen LogP contribution >= 0.6 is 0 Å². The SMILES string of the molecule is CC(C)(C)CC(O)C(O)C(OC1OC(CO)C(O)C(O)C1O)C(O)CO. The highest BCUT2D eigenvalue weighted by Crippen LogP contribution is 2.27. The molecule has 0 aromatic rings. The van der Waals surface area contributed by atoms with E-state index in [1.165, 1.54) is 0 Å². The summed E-state index contributed by atoms with van der Waals surface area (Å²) in [6, 6.07) is 0. The van der Waals surface area contributed by atoms with Gasteiger partial charge >= 0.3 is 0 Å². The predicted octanol–water partition coefficient (Wildman–Crippen LogP) is -3.32. The number of rotatable bonds is 8. The van der Waals surface area contributed by atoms with Crippen molar-refractivity contribution in [1.82, 2.24) is 0 Å². The lowest BCUT2D eigenvalue weighted by atomic mass is 9.86. The van der Waals surface area contributed by atoms with Crippen LogP contribution in [0, 0.1) is 5.41 Å². The third kappa shape index (κ3) is 6.06. The standard InChI is InChI=1S/C16H32O10/c1-16(2,3)4-7(19)10(21)14(8(20)5-17)26-15-13(24)12(23)11(22)9(6-18)25-15/h7-15,17-24H,4-6H2,1-3H3. The Bertz CT molecular complexity index is 412. The predicted molar refractivity (Wildman–Crippen MR) is 87.8 cm³/mol. The zero-order chi connectivity index (χ0) is 20.2. The molecule has 0 spiro atoms. The summed E-state index contributed by atoms with van der Waals surface area (Å²) in [5.41, 5.74) is -0.349. The molecule has 0 radical (unpaired) electrons. The average Bonchev–Trinajstić information content (AvgIpc) is 2.56. The summed E-state index contributed by atoms with van der Waals surface area (Å²) in [4.78, 5) is 0.